The first-order chi connectivity index (χ1) is 13.8. The van der Waals surface area contributed by atoms with Gasteiger partial charge in [-0.25, -0.2) is 9.98 Å². The van der Waals surface area contributed by atoms with Crippen molar-refractivity contribution in [3.63, 3.8) is 0 Å². The van der Waals surface area contributed by atoms with E-state index in [0.29, 0.717) is 11.4 Å². The number of nitrogens with zero attached hydrogens (tertiary/aromatic N) is 3. The molecule has 10 heteroatoms. The molecule has 0 fully saturated rings. The van der Waals surface area contributed by atoms with Crippen molar-refractivity contribution in [2.75, 3.05) is 13.6 Å². The van der Waals surface area contributed by atoms with E-state index < -0.39 is 17.6 Å². The smallest absolute Gasteiger partial charge is 0.366 e. The lowest BCUT2D eigenvalue weighted by Crippen LogP contribution is -2.54. The van der Waals surface area contributed by atoms with Crippen LogP contribution in [0.5, 0.6) is 0 Å². The van der Waals surface area contributed by atoms with Gasteiger partial charge in [0.15, 0.2) is 0 Å². The first-order valence-corrected chi connectivity index (χ1v) is 10.4. The maximum absolute atomic E-state index is 13.0. The van der Waals surface area contributed by atoms with Gasteiger partial charge in [0.2, 0.25) is 0 Å². The van der Waals surface area contributed by atoms with Crippen LogP contribution in [0.4, 0.5) is 18.9 Å². The van der Waals surface area contributed by atoms with Crippen molar-refractivity contribution in [3.05, 3.63) is 44.9 Å². The first kappa shape index (κ1) is 26.9. The van der Waals surface area contributed by atoms with E-state index in [9.17, 15) is 18.0 Å². The summed E-state index contributed by atoms with van der Waals surface area (Å²) in [6.07, 6.45) is -2.27. The molecule has 0 bridgehead atoms. The summed E-state index contributed by atoms with van der Waals surface area (Å²) in [5.41, 5.74) is 1.62. The molecular weight excluding hydrogens is 449 g/mol. The molecule has 0 saturated heterocycles. The third-order valence-electron chi connectivity index (χ3n) is 4.81. The van der Waals surface area contributed by atoms with Gasteiger partial charge < -0.3 is 10.2 Å². The molecule has 5 nitrogen and oxygen atoms in total. The highest BCUT2D eigenvalue weighted by Gasteiger charge is 2.48. The van der Waals surface area contributed by atoms with Crippen LogP contribution >= 0.6 is 23.7 Å². The predicted octanol–water partition coefficient (Wildman–Crippen LogP) is 5.45. The number of alkyl halides is 3. The highest BCUT2D eigenvalue weighted by atomic mass is 35.5. The van der Waals surface area contributed by atoms with E-state index in [0.717, 1.165) is 42.8 Å². The zero-order chi connectivity index (χ0) is 22.7. The third kappa shape index (κ3) is 6.93. The van der Waals surface area contributed by atoms with Crippen molar-refractivity contribution in [1.82, 2.24) is 15.2 Å². The number of aliphatic imine (C=N–C) groups is 1. The number of thiazole rings is 1. The second-order valence-electron chi connectivity index (χ2n) is 7.76. The molecular formula is C21H28ClF3N4OS. The normalized spacial score (nSPS) is 12.0. The van der Waals surface area contributed by atoms with Crippen LogP contribution in [0.15, 0.2) is 22.5 Å². The average molecular weight is 477 g/mol. The zero-order valence-electron chi connectivity index (χ0n) is 18.4. The Bertz CT molecular complexity index is 941. The average Bonchev–Trinajstić information content (AvgIpc) is 3.10. The largest absolute Gasteiger partial charge is 0.410 e. The van der Waals surface area contributed by atoms with Crippen molar-refractivity contribution >= 4 is 41.7 Å². The second-order valence-corrected chi connectivity index (χ2v) is 8.71. The maximum Gasteiger partial charge on any atom is 0.410 e. The summed E-state index contributed by atoms with van der Waals surface area (Å²) in [5.74, 6) is -0.836. The Morgan fingerprint density at radius 1 is 1.26 bits per heavy atom. The molecule has 1 heterocycles. The molecule has 31 heavy (non-hydrogen) atoms. The molecule has 2 aromatic rings. The number of benzene rings is 1. The number of hydrogen-bond acceptors (Lipinski definition) is 4. The number of aromatic nitrogens is 1. The molecule has 1 aromatic heterocycles. The van der Waals surface area contributed by atoms with Gasteiger partial charge >= 0.3 is 6.18 Å². The van der Waals surface area contributed by atoms with Crippen molar-refractivity contribution in [3.8, 4) is 0 Å². The van der Waals surface area contributed by atoms with Gasteiger partial charge in [-0.2, -0.15) is 13.2 Å². The highest BCUT2D eigenvalue weighted by molar-refractivity contribution is 7.09. The van der Waals surface area contributed by atoms with Gasteiger partial charge in [-0.05, 0) is 57.4 Å². The van der Waals surface area contributed by atoms with E-state index in [4.69, 9.17) is 0 Å². The number of halogens is 4. The Kier molecular flexibility index (Phi) is 9.07. The number of aryl methyl sites for hydroxylation is 2. The van der Waals surface area contributed by atoms with Crippen LogP contribution in [0.3, 0.4) is 0 Å². The lowest BCUT2D eigenvalue weighted by molar-refractivity contribution is -0.182. The van der Waals surface area contributed by atoms with Gasteiger partial charge in [-0.15, -0.1) is 23.7 Å². The van der Waals surface area contributed by atoms with Crippen LogP contribution < -0.4 is 5.32 Å². The topological polar surface area (TPSA) is 57.6 Å². The Balaban J connectivity index is 0.00000480. The minimum Gasteiger partial charge on any atom is -0.366 e. The van der Waals surface area contributed by atoms with Crippen LogP contribution in [0.2, 0.25) is 0 Å². The summed E-state index contributed by atoms with van der Waals surface area (Å²) in [7, 11) is 1.95. The summed E-state index contributed by atoms with van der Waals surface area (Å²) >= 11 is 1.25. The van der Waals surface area contributed by atoms with Gasteiger partial charge in [-0.3, -0.25) is 4.79 Å². The minimum atomic E-state index is -4.55. The van der Waals surface area contributed by atoms with E-state index in [1.807, 2.05) is 50.2 Å². The summed E-state index contributed by atoms with van der Waals surface area (Å²) in [4.78, 5) is 22.9. The number of hydrogen-bond donors (Lipinski definition) is 1. The Morgan fingerprint density at radius 3 is 2.48 bits per heavy atom. The first-order valence-electron chi connectivity index (χ1n) is 9.52. The van der Waals surface area contributed by atoms with E-state index in [1.54, 1.807) is 6.34 Å². The molecule has 0 saturated carbocycles. The van der Waals surface area contributed by atoms with E-state index in [2.05, 4.69) is 9.98 Å². The molecule has 2 rings (SSSR count). The van der Waals surface area contributed by atoms with Crippen molar-refractivity contribution in [2.24, 2.45) is 4.99 Å². The fourth-order valence-electron chi connectivity index (χ4n) is 2.51. The van der Waals surface area contributed by atoms with Crippen molar-refractivity contribution in [1.29, 1.82) is 0 Å². The van der Waals surface area contributed by atoms with E-state index in [-0.39, 0.29) is 18.1 Å². The highest BCUT2D eigenvalue weighted by Crippen LogP contribution is 2.30. The van der Waals surface area contributed by atoms with Crippen LogP contribution in [0, 0.1) is 13.8 Å². The number of carbonyl (C=O) groups is 1. The number of amides is 1. The molecule has 172 valence electrons. The molecule has 1 amide bonds. The van der Waals surface area contributed by atoms with Crippen LogP contribution in [-0.4, -0.2) is 47.4 Å². The summed E-state index contributed by atoms with van der Waals surface area (Å²) in [6, 6.07) is 4.03. The molecule has 0 aliphatic carbocycles. The molecule has 1 aromatic carbocycles. The number of carbonyl (C=O) groups excluding carboxylic acids is 1. The van der Waals surface area contributed by atoms with Gasteiger partial charge in [0.25, 0.3) is 5.91 Å². The fraction of sp³-hybridized carbons (Fsp3) is 0.476. The minimum absolute atomic E-state index is 0. The standard InChI is InChI=1S/C21H27F3N4OS.ClH/c1-7-28(6)12-25-16-9-13(2)15(8-14(16)3)10-18-26-17(11-30-18)19(29)27-20(4,5)21(22,23)24;/h8-9,11-12H,7,10H2,1-6H3,(H,27,29);1H/b25-12+;. The fourth-order valence-corrected chi connectivity index (χ4v) is 3.31. The zero-order valence-corrected chi connectivity index (χ0v) is 20.1. The molecule has 1 N–H and O–H groups in total. The Labute approximate surface area is 191 Å². The van der Waals surface area contributed by atoms with Crippen molar-refractivity contribution in [2.45, 2.75) is 52.8 Å². The molecule has 0 aliphatic rings. The van der Waals surface area contributed by atoms with Gasteiger partial charge in [0.1, 0.15) is 11.2 Å². The summed E-state index contributed by atoms with van der Waals surface area (Å²) in [5, 5.41) is 4.15. The molecule has 0 atom stereocenters. The second kappa shape index (κ2) is 10.5. The molecule has 0 aliphatic heterocycles. The summed E-state index contributed by atoms with van der Waals surface area (Å²) in [6.45, 7) is 8.70. The SMILES string of the molecule is CCN(C)/C=N/c1cc(C)c(Cc2nc(C(=O)NC(C)(C)C(F)(F)F)cs2)cc1C.Cl. The lowest BCUT2D eigenvalue weighted by Gasteiger charge is -2.28. The number of nitrogens with one attached hydrogen (secondary N) is 1. The lowest BCUT2D eigenvalue weighted by atomic mass is 10.0. The maximum atomic E-state index is 13.0. The summed E-state index contributed by atoms with van der Waals surface area (Å²) < 4.78 is 39.0. The van der Waals surface area contributed by atoms with E-state index >= 15 is 0 Å². The van der Waals surface area contributed by atoms with Gasteiger partial charge in [0.05, 0.1) is 17.0 Å². The molecule has 0 radical (unpaired) electrons. The molecule has 0 spiro atoms. The Morgan fingerprint density at radius 2 is 1.90 bits per heavy atom. The third-order valence-corrected chi connectivity index (χ3v) is 5.66. The van der Waals surface area contributed by atoms with Gasteiger partial charge in [0, 0.05) is 25.4 Å². The predicted molar refractivity (Wildman–Crippen MR) is 122 cm³/mol. The van der Waals surface area contributed by atoms with E-state index in [1.165, 1.54) is 16.7 Å². The monoisotopic (exact) mass is 476 g/mol. The quantitative estimate of drug-likeness (QED) is 0.426. The van der Waals surface area contributed by atoms with Crippen LogP contribution in [0.25, 0.3) is 0 Å². The van der Waals surface area contributed by atoms with Crippen LogP contribution in [-0.2, 0) is 6.42 Å². The van der Waals surface area contributed by atoms with Crippen molar-refractivity contribution < 1.29 is 18.0 Å². The Hall–Kier alpha value is -2.13. The van der Waals surface area contributed by atoms with Gasteiger partial charge in [-0.1, -0.05) is 6.07 Å². The van der Waals surface area contributed by atoms with Crippen LogP contribution in [0.1, 0.15) is 53.0 Å². The number of rotatable bonds is 7. The molecule has 0 unspecified atom stereocenters.